The van der Waals surface area contributed by atoms with Gasteiger partial charge in [0, 0.05) is 16.7 Å². The van der Waals surface area contributed by atoms with Crippen LogP contribution in [0.15, 0.2) is 83.3 Å². The van der Waals surface area contributed by atoms with Gasteiger partial charge in [0.1, 0.15) is 5.82 Å². The molecular weight excluding hydrogens is 399 g/mol. The molecule has 3 aromatic carbocycles. The minimum Gasteiger partial charge on any atom is -0.449 e. The molecule has 154 valence electrons. The second-order valence-electron chi connectivity index (χ2n) is 6.74. The molecular formula is C24H17FN2O4. The van der Waals surface area contributed by atoms with Crippen LogP contribution in [0.5, 0.6) is 0 Å². The van der Waals surface area contributed by atoms with Crippen molar-refractivity contribution in [1.82, 2.24) is 10.2 Å². The van der Waals surface area contributed by atoms with Crippen molar-refractivity contribution in [2.24, 2.45) is 0 Å². The summed E-state index contributed by atoms with van der Waals surface area (Å²) in [5, 5.41) is 7.83. The minimum atomic E-state index is -0.853. The maximum atomic E-state index is 13.1. The molecule has 0 radical (unpaired) electrons. The molecule has 1 atom stereocenters. The van der Waals surface area contributed by atoms with E-state index in [4.69, 9.17) is 9.15 Å². The number of benzene rings is 3. The fraction of sp³-hybridized carbons (Fsp3) is 0.0833. The Labute approximate surface area is 177 Å². The van der Waals surface area contributed by atoms with Crippen LogP contribution in [0, 0.1) is 5.82 Å². The number of hydrogen-bond acceptors (Lipinski definition) is 6. The van der Waals surface area contributed by atoms with Gasteiger partial charge in [-0.2, -0.15) is 0 Å². The van der Waals surface area contributed by atoms with Gasteiger partial charge in [0.05, 0.1) is 5.56 Å². The zero-order chi connectivity index (χ0) is 21.8. The smallest absolute Gasteiger partial charge is 0.339 e. The van der Waals surface area contributed by atoms with Gasteiger partial charge in [0.25, 0.3) is 5.89 Å². The molecule has 31 heavy (non-hydrogen) atoms. The monoisotopic (exact) mass is 416 g/mol. The normalized spacial score (nSPS) is 11.7. The van der Waals surface area contributed by atoms with Gasteiger partial charge < -0.3 is 9.15 Å². The van der Waals surface area contributed by atoms with Crippen molar-refractivity contribution in [3.63, 3.8) is 0 Å². The molecule has 0 fully saturated rings. The number of rotatable bonds is 6. The molecule has 0 amide bonds. The highest BCUT2D eigenvalue weighted by molar-refractivity contribution is 6.14. The van der Waals surface area contributed by atoms with E-state index in [1.165, 1.54) is 30.3 Å². The molecule has 0 saturated heterocycles. The summed E-state index contributed by atoms with van der Waals surface area (Å²) < 4.78 is 24.1. The van der Waals surface area contributed by atoms with Crippen molar-refractivity contribution >= 4 is 11.8 Å². The third-order valence-electron chi connectivity index (χ3n) is 4.59. The Bertz CT molecular complexity index is 1220. The number of aromatic nitrogens is 2. The molecule has 0 unspecified atom stereocenters. The predicted octanol–water partition coefficient (Wildman–Crippen LogP) is 5.02. The third kappa shape index (κ3) is 4.40. The van der Waals surface area contributed by atoms with Crippen LogP contribution < -0.4 is 0 Å². The first-order valence-corrected chi connectivity index (χ1v) is 9.52. The number of esters is 1. The summed E-state index contributed by atoms with van der Waals surface area (Å²) in [5.74, 6) is -1.09. The van der Waals surface area contributed by atoms with Gasteiger partial charge in [0.2, 0.25) is 5.89 Å². The largest absolute Gasteiger partial charge is 0.449 e. The van der Waals surface area contributed by atoms with Crippen LogP contribution in [-0.2, 0) is 4.74 Å². The van der Waals surface area contributed by atoms with E-state index < -0.39 is 12.1 Å². The van der Waals surface area contributed by atoms with Gasteiger partial charge in [0.15, 0.2) is 11.9 Å². The molecule has 4 aromatic rings. The molecule has 4 rings (SSSR count). The molecule has 0 saturated carbocycles. The summed E-state index contributed by atoms with van der Waals surface area (Å²) in [5.41, 5.74) is 1.39. The fourth-order valence-corrected chi connectivity index (χ4v) is 2.99. The van der Waals surface area contributed by atoms with E-state index in [0.717, 1.165) is 0 Å². The number of carbonyl (C=O) groups is 2. The summed E-state index contributed by atoms with van der Waals surface area (Å²) in [6.45, 7) is 1.58. The molecule has 7 heteroatoms. The standard InChI is InChI=1S/C24H17FN2O4/c1-15(22-26-27-23(31-22)17-11-13-18(25)14-12-17)30-24(29)20-10-6-5-9-19(20)21(28)16-7-3-2-4-8-16/h2-15H,1H3/t15-/m0/s1. The molecule has 0 N–H and O–H groups in total. The van der Waals surface area contributed by atoms with Crippen LogP contribution >= 0.6 is 0 Å². The molecule has 0 aliphatic heterocycles. The zero-order valence-electron chi connectivity index (χ0n) is 16.5. The molecule has 6 nitrogen and oxygen atoms in total. The van der Waals surface area contributed by atoms with Gasteiger partial charge in [-0.3, -0.25) is 4.79 Å². The Morgan fingerprint density at radius 3 is 2.23 bits per heavy atom. The summed E-state index contributed by atoms with van der Waals surface area (Å²) in [6.07, 6.45) is -0.853. The number of nitrogens with zero attached hydrogens (tertiary/aromatic N) is 2. The van der Waals surface area contributed by atoms with Gasteiger partial charge in [-0.1, -0.05) is 48.5 Å². The topological polar surface area (TPSA) is 82.3 Å². The van der Waals surface area contributed by atoms with Gasteiger partial charge >= 0.3 is 5.97 Å². The van der Waals surface area contributed by atoms with Gasteiger partial charge in [-0.25, -0.2) is 9.18 Å². The van der Waals surface area contributed by atoms with Crippen LogP contribution in [0.4, 0.5) is 4.39 Å². The Hall–Kier alpha value is -4.13. The Kier molecular flexibility index (Phi) is 5.66. The third-order valence-corrected chi connectivity index (χ3v) is 4.59. The Balaban J connectivity index is 1.53. The van der Waals surface area contributed by atoms with Crippen molar-refractivity contribution in [2.45, 2.75) is 13.0 Å². The number of ether oxygens (including phenoxy) is 1. The fourth-order valence-electron chi connectivity index (χ4n) is 2.99. The van der Waals surface area contributed by atoms with Crippen molar-refractivity contribution < 1.29 is 23.1 Å². The van der Waals surface area contributed by atoms with E-state index in [-0.39, 0.29) is 34.5 Å². The van der Waals surface area contributed by atoms with Crippen molar-refractivity contribution in [3.8, 4) is 11.5 Å². The van der Waals surface area contributed by atoms with Gasteiger partial charge in [-0.05, 0) is 37.3 Å². The van der Waals surface area contributed by atoms with Crippen LogP contribution in [0.1, 0.15) is 45.2 Å². The zero-order valence-corrected chi connectivity index (χ0v) is 16.5. The van der Waals surface area contributed by atoms with Crippen LogP contribution in [0.25, 0.3) is 11.5 Å². The number of carbonyl (C=O) groups excluding carboxylic acids is 2. The summed E-state index contributed by atoms with van der Waals surface area (Å²) in [7, 11) is 0. The lowest BCUT2D eigenvalue weighted by atomic mass is 9.98. The van der Waals surface area contributed by atoms with Crippen LogP contribution in [0.3, 0.4) is 0 Å². The lowest BCUT2D eigenvalue weighted by molar-refractivity contribution is 0.0278. The Morgan fingerprint density at radius 1 is 0.871 bits per heavy atom. The van der Waals surface area contributed by atoms with E-state index in [2.05, 4.69) is 10.2 Å². The van der Waals surface area contributed by atoms with Crippen LogP contribution in [0.2, 0.25) is 0 Å². The average molecular weight is 416 g/mol. The maximum absolute atomic E-state index is 13.1. The second-order valence-corrected chi connectivity index (χ2v) is 6.74. The second kappa shape index (κ2) is 8.71. The van der Waals surface area contributed by atoms with Crippen molar-refractivity contribution in [2.75, 3.05) is 0 Å². The number of ketones is 1. The number of hydrogen-bond donors (Lipinski definition) is 0. The molecule has 1 heterocycles. The van der Waals surface area contributed by atoms with E-state index >= 15 is 0 Å². The highest BCUT2D eigenvalue weighted by Crippen LogP contribution is 2.24. The highest BCUT2D eigenvalue weighted by Gasteiger charge is 2.23. The summed E-state index contributed by atoms with van der Waals surface area (Å²) >= 11 is 0. The van der Waals surface area contributed by atoms with E-state index in [0.29, 0.717) is 11.1 Å². The van der Waals surface area contributed by atoms with E-state index in [1.54, 1.807) is 49.4 Å². The highest BCUT2D eigenvalue weighted by atomic mass is 19.1. The molecule has 1 aromatic heterocycles. The van der Waals surface area contributed by atoms with Crippen molar-refractivity contribution in [1.29, 1.82) is 0 Å². The average Bonchev–Trinajstić information content (AvgIpc) is 3.30. The summed E-state index contributed by atoms with van der Waals surface area (Å²) in [6, 6.07) is 20.7. The quantitative estimate of drug-likeness (QED) is 0.324. The molecule has 0 aliphatic rings. The molecule has 0 aliphatic carbocycles. The van der Waals surface area contributed by atoms with Crippen molar-refractivity contribution in [3.05, 3.63) is 107 Å². The van der Waals surface area contributed by atoms with E-state index in [1.807, 2.05) is 6.07 Å². The first kappa shape index (κ1) is 20.2. The SMILES string of the molecule is C[C@H](OC(=O)c1ccccc1C(=O)c1ccccc1)c1nnc(-c2ccc(F)cc2)o1. The first-order valence-electron chi connectivity index (χ1n) is 9.52. The molecule has 0 spiro atoms. The Morgan fingerprint density at radius 2 is 1.52 bits per heavy atom. The lowest BCUT2D eigenvalue weighted by Gasteiger charge is -2.12. The van der Waals surface area contributed by atoms with E-state index in [9.17, 15) is 14.0 Å². The summed E-state index contributed by atoms with van der Waals surface area (Å²) in [4.78, 5) is 25.6. The lowest BCUT2D eigenvalue weighted by Crippen LogP contribution is -2.14. The maximum Gasteiger partial charge on any atom is 0.339 e. The molecule has 0 bridgehead atoms. The van der Waals surface area contributed by atoms with Crippen LogP contribution in [-0.4, -0.2) is 21.9 Å². The predicted molar refractivity (Wildman–Crippen MR) is 110 cm³/mol. The first-order chi connectivity index (χ1) is 15.0. The number of halogens is 1. The minimum absolute atomic E-state index is 0.0829. The van der Waals surface area contributed by atoms with Gasteiger partial charge in [-0.15, -0.1) is 10.2 Å².